The first-order chi connectivity index (χ1) is 13.5. The predicted molar refractivity (Wildman–Crippen MR) is 102 cm³/mol. The Kier molecular flexibility index (Phi) is 6.54. The summed E-state index contributed by atoms with van der Waals surface area (Å²) in [5.74, 6) is 0.248. The molecule has 28 heavy (non-hydrogen) atoms. The molecule has 2 unspecified atom stereocenters. The van der Waals surface area contributed by atoms with Gasteiger partial charge in [0.2, 0.25) is 0 Å². The molecule has 2 aliphatic heterocycles. The molecule has 1 aromatic rings. The molecule has 0 aromatic heterocycles. The minimum Gasteiger partial charge on any atom is -0.486 e. The summed E-state index contributed by atoms with van der Waals surface area (Å²) in [6, 6.07) is 5.30. The van der Waals surface area contributed by atoms with E-state index in [4.69, 9.17) is 14.2 Å². The fourth-order valence-corrected chi connectivity index (χ4v) is 3.78. The minimum absolute atomic E-state index is 0.0171. The third kappa shape index (κ3) is 4.82. The Morgan fingerprint density at radius 3 is 2.43 bits per heavy atom. The summed E-state index contributed by atoms with van der Waals surface area (Å²) in [7, 11) is 0. The normalized spacial score (nSPS) is 21.1. The van der Waals surface area contributed by atoms with Crippen LogP contribution in [0.4, 0.5) is 0 Å². The molecule has 1 fully saturated rings. The van der Waals surface area contributed by atoms with Gasteiger partial charge < -0.3 is 19.1 Å². The van der Waals surface area contributed by atoms with Crippen molar-refractivity contribution in [1.29, 1.82) is 0 Å². The van der Waals surface area contributed by atoms with Crippen molar-refractivity contribution in [2.24, 2.45) is 0 Å². The lowest BCUT2D eigenvalue weighted by Gasteiger charge is -2.38. The third-order valence-corrected chi connectivity index (χ3v) is 5.26. The minimum atomic E-state index is -0.545. The van der Waals surface area contributed by atoms with Crippen LogP contribution in [-0.4, -0.2) is 54.5 Å². The summed E-state index contributed by atoms with van der Waals surface area (Å²) in [6.45, 7) is 4.69. The second-order valence-corrected chi connectivity index (χ2v) is 7.37. The van der Waals surface area contributed by atoms with Gasteiger partial charge in [-0.2, -0.15) is 0 Å². The van der Waals surface area contributed by atoms with E-state index in [-0.39, 0.29) is 43.2 Å². The van der Waals surface area contributed by atoms with Crippen LogP contribution in [0.5, 0.6) is 11.5 Å². The topological polar surface area (TPSA) is 82.1 Å². The number of fused-ring (bicyclic) bond motifs is 1. The molecule has 7 nitrogen and oxygen atoms in total. The smallest absolute Gasteiger partial charge is 0.306 e. The summed E-state index contributed by atoms with van der Waals surface area (Å²) in [5.41, 5.74) is 0.462. The van der Waals surface area contributed by atoms with Crippen LogP contribution < -0.4 is 9.47 Å². The zero-order valence-corrected chi connectivity index (χ0v) is 16.4. The second kappa shape index (κ2) is 9.08. The number of nitrogens with zero attached hydrogens (tertiary/aromatic N) is 1. The van der Waals surface area contributed by atoms with Crippen molar-refractivity contribution in [2.75, 3.05) is 19.8 Å². The van der Waals surface area contributed by atoms with E-state index in [1.807, 2.05) is 13.8 Å². The van der Waals surface area contributed by atoms with Gasteiger partial charge in [0.25, 0.3) is 5.91 Å². The Bertz CT molecular complexity index is 736. The molecule has 2 heterocycles. The van der Waals surface area contributed by atoms with Crippen LogP contribution in [0, 0.1) is 0 Å². The molecule has 152 valence electrons. The van der Waals surface area contributed by atoms with E-state index in [9.17, 15) is 14.4 Å². The van der Waals surface area contributed by atoms with Gasteiger partial charge in [0, 0.05) is 24.1 Å². The standard InChI is InChI=1S/C21H27NO6/c1-14-4-3-5-15(2)22(14)20(24)13-28-21(25)9-7-17(23)16-6-8-18-19(12-16)27-11-10-26-18/h6,8,12,14-15H,3-5,7,9-11,13H2,1-2H3. The summed E-state index contributed by atoms with van der Waals surface area (Å²) in [5, 5.41) is 0. The average Bonchev–Trinajstić information content (AvgIpc) is 2.70. The highest BCUT2D eigenvalue weighted by molar-refractivity contribution is 5.98. The van der Waals surface area contributed by atoms with E-state index in [1.54, 1.807) is 23.1 Å². The van der Waals surface area contributed by atoms with Gasteiger partial charge in [-0.1, -0.05) is 0 Å². The van der Waals surface area contributed by atoms with Crippen molar-refractivity contribution in [3.8, 4) is 11.5 Å². The summed E-state index contributed by atoms with van der Waals surface area (Å²) in [4.78, 5) is 38.5. The van der Waals surface area contributed by atoms with Crippen molar-refractivity contribution < 1.29 is 28.6 Å². The third-order valence-electron chi connectivity index (χ3n) is 5.26. The second-order valence-electron chi connectivity index (χ2n) is 7.37. The number of hydrogen-bond acceptors (Lipinski definition) is 6. The molecular weight excluding hydrogens is 362 g/mol. The van der Waals surface area contributed by atoms with E-state index < -0.39 is 5.97 Å². The molecule has 0 N–H and O–H groups in total. The maximum absolute atomic E-state index is 12.4. The molecule has 0 saturated carbocycles. The Morgan fingerprint density at radius 1 is 1.04 bits per heavy atom. The Morgan fingerprint density at radius 2 is 1.71 bits per heavy atom. The molecule has 1 saturated heterocycles. The van der Waals surface area contributed by atoms with Gasteiger partial charge >= 0.3 is 5.97 Å². The fraction of sp³-hybridized carbons (Fsp3) is 0.571. The molecule has 7 heteroatoms. The van der Waals surface area contributed by atoms with E-state index in [0.717, 1.165) is 19.3 Å². The first-order valence-corrected chi connectivity index (χ1v) is 9.85. The number of amides is 1. The molecule has 3 rings (SSSR count). The number of benzene rings is 1. The average molecular weight is 389 g/mol. The number of piperidine rings is 1. The van der Waals surface area contributed by atoms with Gasteiger partial charge in [-0.25, -0.2) is 0 Å². The molecule has 0 radical (unpaired) electrons. The van der Waals surface area contributed by atoms with Gasteiger partial charge in [0.1, 0.15) is 13.2 Å². The van der Waals surface area contributed by atoms with Crippen LogP contribution in [-0.2, 0) is 14.3 Å². The van der Waals surface area contributed by atoms with Gasteiger partial charge in [-0.3, -0.25) is 14.4 Å². The van der Waals surface area contributed by atoms with Crippen molar-refractivity contribution in [1.82, 2.24) is 4.90 Å². The lowest BCUT2D eigenvalue weighted by Crippen LogP contribution is -2.49. The maximum atomic E-state index is 12.4. The van der Waals surface area contributed by atoms with Crippen molar-refractivity contribution in [3.63, 3.8) is 0 Å². The van der Waals surface area contributed by atoms with E-state index in [1.165, 1.54) is 0 Å². The molecule has 1 amide bonds. The van der Waals surface area contributed by atoms with Crippen LogP contribution in [0.25, 0.3) is 0 Å². The molecule has 2 aliphatic rings. The van der Waals surface area contributed by atoms with Crippen molar-refractivity contribution in [3.05, 3.63) is 23.8 Å². The molecule has 0 bridgehead atoms. The van der Waals surface area contributed by atoms with Gasteiger partial charge in [-0.15, -0.1) is 0 Å². The number of rotatable bonds is 6. The first kappa shape index (κ1) is 20.2. The number of Topliss-reactive ketones (excluding diaryl/α,β-unsaturated/α-hetero) is 1. The lowest BCUT2D eigenvalue weighted by molar-refractivity contribution is -0.154. The quantitative estimate of drug-likeness (QED) is 0.550. The van der Waals surface area contributed by atoms with Crippen LogP contribution in [0.15, 0.2) is 18.2 Å². The number of hydrogen-bond donors (Lipinski definition) is 0. The Hall–Kier alpha value is -2.57. The number of esters is 1. The molecule has 0 aliphatic carbocycles. The molecule has 1 aromatic carbocycles. The lowest BCUT2D eigenvalue weighted by atomic mass is 9.97. The fourth-order valence-electron chi connectivity index (χ4n) is 3.78. The summed E-state index contributed by atoms with van der Waals surface area (Å²) >= 11 is 0. The number of ether oxygens (including phenoxy) is 3. The molecule has 0 spiro atoms. The van der Waals surface area contributed by atoms with Crippen LogP contribution in [0.3, 0.4) is 0 Å². The largest absolute Gasteiger partial charge is 0.486 e. The Labute approximate surface area is 164 Å². The van der Waals surface area contributed by atoms with Crippen molar-refractivity contribution in [2.45, 2.75) is 58.0 Å². The summed E-state index contributed by atoms with van der Waals surface area (Å²) in [6.07, 6.45) is 2.99. The van der Waals surface area contributed by atoms with Gasteiger partial charge in [0.05, 0.1) is 6.42 Å². The van der Waals surface area contributed by atoms with E-state index in [2.05, 4.69) is 0 Å². The van der Waals surface area contributed by atoms with Gasteiger partial charge in [0.15, 0.2) is 23.9 Å². The van der Waals surface area contributed by atoms with Crippen molar-refractivity contribution >= 4 is 17.7 Å². The zero-order chi connectivity index (χ0) is 20.1. The van der Waals surface area contributed by atoms with E-state index in [0.29, 0.717) is 30.3 Å². The summed E-state index contributed by atoms with van der Waals surface area (Å²) < 4.78 is 16.0. The first-order valence-electron chi connectivity index (χ1n) is 9.85. The Balaban J connectivity index is 1.45. The van der Waals surface area contributed by atoms with Crippen LogP contribution in [0.2, 0.25) is 0 Å². The zero-order valence-electron chi connectivity index (χ0n) is 16.4. The predicted octanol–water partition coefficient (Wildman–Crippen LogP) is 2.75. The molecular formula is C21H27NO6. The van der Waals surface area contributed by atoms with E-state index >= 15 is 0 Å². The molecule has 2 atom stereocenters. The number of ketones is 1. The monoisotopic (exact) mass is 389 g/mol. The van der Waals surface area contributed by atoms with Gasteiger partial charge in [-0.05, 0) is 51.3 Å². The number of carbonyl (C=O) groups excluding carboxylic acids is 3. The highest BCUT2D eigenvalue weighted by Crippen LogP contribution is 2.31. The number of carbonyl (C=O) groups is 3. The SMILES string of the molecule is CC1CCCC(C)N1C(=O)COC(=O)CCC(=O)c1ccc2c(c1)OCCO2. The van der Waals surface area contributed by atoms with Crippen LogP contribution in [0.1, 0.15) is 56.3 Å². The number of likely N-dealkylation sites (tertiary alicyclic amines) is 1. The highest BCUT2D eigenvalue weighted by atomic mass is 16.6. The highest BCUT2D eigenvalue weighted by Gasteiger charge is 2.29. The maximum Gasteiger partial charge on any atom is 0.306 e. The van der Waals surface area contributed by atoms with Crippen LogP contribution >= 0.6 is 0 Å².